The summed E-state index contributed by atoms with van der Waals surface area (Å²) in [6.45, 7) is 3.29. The number of carbonyl (C=O) groups is 1. The molecule has 2 aromatic rings. The van der Waals surface area contributed by atoms with Crippen molar-refractivity contribution >= 4 is 17.3 Å². The maximum Gasteiger partial charge on any atom is 0.245 e. The van der Waals surface area contributed by atoms with Crippen LogP contribution in [0.2, 0.25) is 0 Å². The summed E-state index contributed by atoms with van der Waals surface area (Å²) in [7, 11) is 0. The zero-order chi connectivity index (χ0) is 14.7. The molecule has 0 unspecified atom stereocenters. The van der Waals surface area contributed by atoms with Crippen molar-refractivity contribution < 1.29 is 9.32 Å². The molecule has 2 heterocycles. The summed E-state index contributed by atoms with van der Waals surface area (Å²) >= 11 is 0. The lowest BCUT2D eigenvalue weighted by atomic mass is 10.2. The number of carbonyl (C=O) groups excluding carboxylic acids is 1. The maximum atomic E-state index is 11.7. The van der Waals surface area contributed by atoms with E-state index in [1.165, 1.54) is 0 Å². The Morgan fingerprint density at radius 1 is 1.33 bits per heavy atom. The van der Waals surface area contributed by atoms with E-state index >= 15 is 0 Å². The average molecular weight is 286 g/mol. The lowest BCUT2D eigenvalue weighted by Gasteiger charge is -2.16. The van der Waals surface area contributed by atoms with Gasteiger partial charge in [-0.05, 0) is 30.7 Å². The molecule has 0 saturated carbocycles. The predicted molar refractivity (Wildman–Crippen MR) is 79.0 cm³/mol. The van der Waals surface area contributed by atoms with Gasteiger partial charge in [-0.3, -0.25) is 4.79 Å². The minimum absolute atomic E-state index is 0.202. The van der Waals surface area contributed by atoms with Crippen LogP contribution >= 0.6 is 0 Å². The SMILES string of the molecule is CCc1noc(CNc2ccc(N3CCCC3=O)cc2)n1. The summed E-state index contributed by atoms with van der Waals surface area (Å²) in [5.41, 5.74) is 1.91. The molecule has 21 heavy (non-hydrogen) atoms. The van der Waals surface area contributed by atoms with E-state index in [0.29, 0.717) is 18.9 Å². The lowest BCUT2D eigenvalue weighted by molar-refractivity contribution is -0.117. The number of nitrogens with zero attached hydrogens (tertiary/aromatic N) is 3. The number of nitrogens with one attached hydrogen (secondary N) is 1. The third-order valence-corrected chi connectivity index (χ3v) is 3.52. The highest BCUT2D eigenvalue weighted by atomic mass is 16.5. The number of benzene rings is 1. The zero-order valence-corrected chi connectivity index (χ0v) is 12.0. The molecule has 6 nitrogen and oxygen atoms in total. The lowest BCUT2D eigenvalue weighted by Crippen LogP contribution is -2.23. The first-order valence-electron chi connectivity index (χ1n) is 7.22. The Hall–Kier alpha value is -2.37. The smallest absolute Gasteiger partial charge is 0.245 e. The van der Waals surface area contributed by atoms with Crippen LogP contribution in [-0.4, -0.2) is 22.6 Å². The van der Waals surface area contributed by atoms with Crippen LogP contribution in [0.25, 0.3) is 0 Å². The summed E-state index contributed by atoms with van der Waals surface area (Å²) in [6, 6.07) is 7.82. The van der Waals surface area contributed by atoms with Crippen LogP contribution < -0.4 is 10.2 Å². The number of amides is 1. The average Bonchev–Trinajstić information content (AvgIpc) is 3.14. The Morgan fingerprint density at radius 3 is 2.76 bits per heavy atom. The molecule has 110 valence electrons. The first kappa shape index (κ1) is 13.6. The van der Waals surface area contributed by atoms with Crippen molar-refractivity contribution in [3.05, 3.63) is 36.0 Å². The van der Waals surface area contributed by atoms with Crippen molar-refractivity contribution in [3.8, 4) is 0 Å². The molecule has 0 bridgehead atoms. The number of aromatic nitrogens is 2. The molecule has 1 amide bonds. The third kappa shape index (κ3) is 3.04. The fraction of sp³-hybridized carbons (Fsp3) is 0.400. The molecular weight excluding hydrogens is 268 g/mol. The van der Waals surface area contributed by atoms with Gasteiger partial charge in [-0.2, -0.15) is 4.98 Å². The van der Waals surface area contributed by atoms with Crippen LogP contribution in [0.5, 0.6) is 0 Å². The van der Waals surface area contributed by atoms with E-state index in [0.717, 1.165) is 36.6 Å². The summed E-state index contributed by atoms with van der Waals surface area (Å²) in [5.74, 6) is 1.49. The molecule has 0 atom stereocenters. The van der Waals surface area contributed by atoms with E-state index in [1.54, 1.807) is 0 Å². The maximum absolute atomic E-state index is 11.7. The van der Waals surface area contributed by atoms with Gasteiger partial charge in [0.15, 0.2) is 5.82 Å². The second-order valence-electron chi connectivity index (χ2n) is 5.01. The van der Waals surface area contributed by atoms with Gasteiger partial charge in [-0.1, -0.05) is 12.1 Å². The van der Waals surface area contributed by atoms with Gasteiger partial charge in [0, 0.05) is 30.8 Å². The second kappa shape index (κ2) is 5.95. The molecule has 3 rings (SSSR count). The van der Waals surface area contributed by atoms with Gasteiger partial charge in [0.05, 0.1) is 6.54 Å². The van der Waals surface area contributed by atoms with E-state index in [2.05, 4.69) is 15.5 Å². The number of aryl methyl sites for hydroxylation is 1. The van der Waals surface area contributed by atoms with E-state index in [4.69, 9.17) is 4.52 Å². The monoisotopic (exact) mass is 286 g/mol. The molecule has 0 aliphatic carbocycles. The highest BCUT2D eigenvalue weighted by molar-refractivity contribution is 5.95. The van der Waals surface area contributed by atoms with E-state index in [-0.39, 0.29) is 5.91 Å². The molecular formula is C15H18N4O2. The first-order chi connectivity index (χ1) is 10.3. The van der Waals surface area contributed by atoms with Gasteiger partial charge in [-0.15, -0.1) is 0 Å². The third-order valence-electron chi connectivity index (χ3n) is 3.52. The first-order valence-corrected chi connectivity index (χ1v) is 7.22. The summed E-state index contributed by atoms with van der Waals surface area (Å²) in [4.78, 5) is 17.8. The molecule has 1 saturated heterocycles. The largest absolute Gasteiger partial charge is 0.376 e. The number of hydrogen-bond acceptors (Lipinski definition) is 5. The van der Waals surface area contributed by atoms with Crippen LogP contribution in [0.4, 0.5) is 11.4 Å². The molecule has 1 aromatic carbocycles. The van der Waals surface area contributed by atoms with Crippen molar-refractivity contribution in [1.29, 1.82) is 0 Å². The van der Waals surface area contributed by atoms with Crippen molar-refractivity contribution in [2.24, 2.45) is 0 Å². The minimum Gasteiger partial charge on any atom is -0.376 e. The fourth-order valence-corrected chi connectivity index (χ4v) is 2.36. The highest BCUT2D eigenvalue weighted by Crippen LogP contribution is 2.23. The highest BCUT2D eigenvalue weighted by Gasteiger charge is 2.21. The molecule has 0 spiro atoms. The van der Waals surface area contributed by atoms with E-state index < -0.39 is 0 Å². The molecule has 1 fully saturated rings. The second-order valence-corrected chi connectivity index (χ2v) is 5.01. The topological polar surface area (TPSA) is 71.3 Å². The van der Waals surface area contributed by atoms with E-state index in [1.807, 2.05) is 36.1 Å². The van der Waals surface area contributed by atoms with Gasteiger partial charge in [0.25, 0.3) is 0 Å². The summed E-state index contributed by atoms with van der Waals surface area (Å²) in [6.07, 6.45) is 2.36. The van der Waals surface area contributed by atoms with Crippen molar-refractivity contribution in [3.63, 3.8) is 0 Å². The van der Waals surface area contributed by atoms with Crippen LogP contribution in [0.15, 0.2) is 28.8 Å². The number of anilines is 2. The Bertz CT molecular complexity index is 621. The Balaban J connectivity index is 1.60. The molecule has 1 aromatic heterocycles. The standard InChI is InChI=1S/C15H18N4O2/c1-2-13-17-14(21-18-13)10-16-11-5-7-12(8-6-11)19-9-3-4-15(19)20/h5-8,16H,2-4,9-10H2,1H3. The minimum atomic E-state index is 0.202. The summed E-state index contributed by atoms with van der Waals surface area (Å²) < 4.78 is 5.12. The van der Waals surface area contributed by atoms with Crippen molar-refractivity contribution in [1.82, 2.24) is 10.1 Å². The molecule has 1 N–H and O–H groups in total. The van der Waals surface area contributed by atoms with Gasteiger partial charge in [0.1, 0.15) is 0 Å². The Morgan fingerprint density at radius 2 is 2.14 bits per heavy atom. The predicted octanol–water partition coefficient (Wildman–Crippen LogP) is 2.37. The Labute approximate surface area is 123 Å². The van der Waals surface area contributed by atoms with Gasteiger partial charge >= 0.3 is 0 Å². The van der Waals surface area contributed by atoms with Crippen molar-refractivity contribution in [2.45, 2.75) is 32.7 Å². The summed E-state index contributed by atoms with van der Waals surface area (Å²) in [5, 5.41) is 7.08. The van der Waals surface area contributed by atoms with Crippen LogP contribution in [0.3, 0.4) is 0 Å². The van der Waals surface area contributed by atoms with Crippen LogP contribution in [0, 0.1) is 0 Å². The number of hydrogen-bond donors (Lipinski definition) is 1. The van der Waals surface area contributed by atoms with Crippen LogP contribution in [0.1, 0.15) is 31.5 Å². The molecule has 1 aliphatic heterocycles. The zero-order valence-electron chi connectivity index (χ0n) is 12.0. The molecule has 6 heteroatoms. The van der Waals surface area contributed by atoms with Crippen LogP contribution in [-0.2, 0) is 17.8 Å². The quantitative estimate of drug-likeness (QED) is 0.913. The van der Waals surface area contributed by atoms with E-state index in [9.17, 15) is 4.79 Å². The normalized spacial score (nSPS) is 14.7. The van der Waals surface area contributed by atoms with Gasteiger partial charge < -0.3 is 14.7 Å². The molecule has 1 aliphatic rings. The van der Waals surface area contributed by atoms with Gasteiger partial charge in [-0.25, -0.2) is 0 Å². The van der Waals surface area contributed by atoms with Gasteiger partial charge in [0.2, 0.25) is 11.8 Å². The molecule has 0 radical (unpaired) electrons. The van der Waals surface area contributed by atoms with Crippen molar-refractivity contribution in [2.75, 3.05) is 16.8 Å². The Kier molecular flexibility index (Phi) is 3.85. The fourth-order valence-electron chi connectivity index (χ4n) is 2.36. The number of rotatable bonds is 5.